The fraction of sp³-hybridized carbons (Fsp3) is 0.647. The van der Waals surface area contributed by atoms with E-state index < -0.39 is 0 Å². The number of halogens is 1. The lowest BCUT2D eigenvalue weighted by atomic mass is 10.1. The van der Waals surface area contributed by atoms with Gasteiger partial charge in [0.25, 0.3) is 0 Å². The van der Waals surface area contributed by atoms with Crippen LogP contribution in [0.4, 0.5) is 5.69 Å². The molecule has 0 saturated heterocycles. The quantitative estimate of drug-likeness (QED) is 0.666. The molecule has 0 aliphatic carbocycles. The van der Waals surface area contributed by atoms with Gasteiger partial charge in [0.15, 0.2) is 0 Å². The summed E-state index contributed by atoms with van der Waals surface area (Å²) >= 11 is 6.48. The normalized spacial score (nSPS) is 11.1. The lowest BCUT2D eigenvalue weighted by Crippen LogP contribution is -2.29. The Kier molecular flexibility index (Phi) is 8.74. The van der Waals surface area contributed by atoms with Crippen molar-refractivity contribution in [1.29, 1.82) is 0 Å². The maximum Gasteiger partial charge on any atom is 0.0642 e. The van der Waals surface area contributed by atoms with Crippen LogP contribution in [-0.2, 0) is 6.54 Å². The van der Waals surface area contributed by atoms with E-state index in [0.717, 1.165) is 50.6 Å². The summed E-state index contributed by atoms with van der Waals surface area (Å²) in [6.07, 6.45) is 2.30. The molecule has 0 fully saturated rings. The Balaban J connectivity index is 2.80. The van der Waals surface area contributed by atoms with E-state index in [0.29, 0.717) is 0 Å². The van der Waals surface area contributed by atoms with Crippen molar-refractivity contribution in [2.24, 2.45) is 0 Å². The molecule has 0 bridgehead atoms. The smallest absolute Gasteiger partial charge is 0.0642 e. The molecule has 0 radical (unpaired) electrons. The summed E-state index contributed by atoms with van der Waals surface area (Å²) in [6.45, 7) is 9.43. The fourth-order valence-corrected chi connectivity index (χ4v) is 2.78. The van der Waals surface area contributed by atoms with Crippen LogP contribution in [0, 0.1) is 0 Å². The van der Waals surface area contributed by atoms with Crippen molar-refractivity contribution in [2.75, 3.05) is 45.2 Å². The van der Waals surface area contributed by atoms with Gasteiger partial charge >= 0.3 is 0 Å². The highest BCUT2D eigenvalue weighted by Gasteiger charge is 2.13. The van der Waals surface area contributed by atoms with E-state index in [9.17, 15) is 0 Å². The zero-order valence-corrected chi connectivity index (χ0v) is 14.7. The topological polar surface area (TPSA) is 18.5 Å². The first-order valence-electron chi connectivity index (χ1n) is 7.97. The zero-order valence-electron chi connectivity index (χ0n) is 14.0. The van der Waals surface area contributed by atoms with Crippen molar-refractivity contribution in [3.63, 3.8) is 0 Å². The SMILES string of the molecule is CCCNCc1cccc(Cl)c1N(CC)CCCN(C)C. The van der Waals surface area contributed by atoms with Crippen LogP contribution in [0.25, 0.3) is 0 Å². The molecule has 1 aromatic carbocycles. The molecule has 0 saturated carbocycles. The van der Waals surface area contributed by atoms with Crippen LogP contribution in [0.2, 0.25) is 5.02 Å². The lowest BCUT2D eigenvalue weighted by molar-refractivity contribution is 0.400. The summed E-state index contributed by atoms with van der Waals surface area (Å²) in [6, 6.07) is 6.22. The minimum absolute atomic E-state index is 0.859. The highest BCUT2D eigenvalue weighted by molar-refractivity contribution is 6.33. The van der Waals surface area contributed by atoms with E-state index in [1.54, 1.807) is 0 Å². The third-order valence-electron chi connectivity index (χ3n) is 3.54. The Hall–Kier alpha value is -0.770. The molecule has 0 aromatic heterocycles. The molecule has 0 spiro atoms. The third-order valence-corrected chi connectivity index (χ3v) is 3.85. The maximum atomic E-state index is 6.48. The Morgan fingerprint density at radius 3 is 2.52 bits per heavy atom. The lowest BCUT2D eigenvalue weighted by Gasteiger charge is -2.27. The van der Waals surface area contributed by atoms with Gasteiger partial charge in [-0.05, 0) is 58.6 Å². The molecule has 1 aromatic rings. The molecule has 1 N–H and O–H groups in total. The molecule has 3 nitrogen and oxygen atoms in total. The van der Waals surface area contributed by atoms with Crippen molar-refractivity contribution >= 4 is 17.3 Å². The Morgan fingerprint density at radius 2 is 1.90 bits per heavy atom. The Labute approximate surface area is 135 Å². The first kappa shape index (κ1) is 18.3. The predicted octanol–water partition coefficient (Wildman–Crippen LogP) is 3.62. The molecule has 0 aliphatic heterocycles. The van der Waals surface area contributed by atoms with Crippen molar-refractivity contribution < 1.29 is 0 Å². The standard InChI is InChI=1S/C17H30ClN3/c1-5-11-19-14-15-9-7-10-16(18)17(15)21(6-2)13-8-12-20(3)4/h7,9-10,19H,5-6,8,11-14H2,1-4H3. The van der Waals surface area contributed by atoms with Crippen molar-refractivity contribution in [1.82, 2.24) is 10.2 Å². The Morgan fingerprint density at radius 1 is 1.14 bits per heavy atom. The summed E-state index contributed by atoms with van der Waals surface area (Å²) in [5, 5.41) is 4.34. The van der Waals surface area contributed by atoms with Crippen molar-refractivity contribution in [3.8, 4) is 0 Å². The second-order valence-electron chi connectivity index (χ2n) is 5.66. The first-order chi connectivity index (χ1) is 10.1. The monoisotopic (exact) mass is 311 g/mol. The number of nitrogens with one attached hydrogen (secondary N) is 1. The van der Waals surface area contributed by atoms with Gasteiger partial charge in [-0.2, -0.15) is 0 Å². The summed E-state index contributed by atoms with van der Waals surface area (Å²) in [4.78, 5) is 4.62. The molecule has 0 atom stereocenters. The number of para-hydroxylation sites is 1. The zero-order chi connectivity index (χ0) is 15.7. The molecule has 0 unspecified atom stereocenters. The maximum absolute atomic E-state index is 6.48. The van der Waals surface area contributed by atoms with Crippen molar-refractivity contribution in [3.05, 3.63) is 28.8 Å². The van der Waals surface area contributed by atoms with E-state index in [2.05, 4.69) is 49.1 Å². The molecular formula is C17H30ClN3. The van der Waals surface area contributed by atoms with Crippen LogP contribution in [0.15, 0.2) is 18.2 Å². The molecular weight excluding hydrogens is 282 g/mol. The molecule has 4 heteroatoms. The van der Waals surface area contributed by atoms with Gasteiger partial charge in [0, 0.05) is 19.6 Å². The average Bonchev–Trinajstić information content (AvgIpc) is 2.45. The van der Waals surface area contributed by atoms with Crippen LogP contribution in [0.5, 0.6) is 0 Å². The molecule has 0 aliphatic rings. The van der Waals surface area contributed by atoms with Gasteiger partial charge in [-0.3, -0.25) is 0 Å². The van der Waals surface area contributed by atoms with E-state index in [-0.39, 0.29) is 0 Å². The van der Waals surface area contributed by atoms with E-state index >= 15 is 0 Å². The molecule has 0 amide bonds. The number of hydrogen-bond acceptors (Lipinski definition) is 3. The minimum atomic E-state index is 0.859. The summed E-state index contributed by atoms with van der Waals surface area (Å²) < 4.78 is 0. The highest BCUT2D eigenvalue weighted by atomic mass is 35.5. The largest absolute Gasteiger partial charge is 0.370 e. The second kappa shape index (κ2) is 10.0. The van der Waals surface area contributed by atoms with Gasteiger partial charge < -0.3 is 15.1 Å². The van der Waals surface area contributed by atoms with Crippen molar-refractivity contribution in [2.45, 2.75) is 33.2 Å². The van der Waals surface area contributed by atoms with Gasteiger partial charge in [-0.1, -0.05) is 30.7 Å². The molecule has 0 heterocycles. The first-order valence-corrected chi connectivity index (χ1v) is 8.35. The highest BCUT2D eigenvalue weighted by Crippen LogP contribution is 2.30. The fourth-order valence-electron chi connectivity index (χ4n) is 2.46. The molecule has 120 valence electrons. The van der Waals surface area contributed by atoms with E-state index in [4.69, 9.17) is 11.6 Å². The van der Waals surface area contributed by atoms with Crippen LogP contribution in [0.1, 0.15) is 32.3 Å². The van der Waals surface area contributed by atoms with Gasteiger partial charge in [-0.15, -0.1) is 0 Å². The van der Waals surface area contributed by atoms with E-state index in [1.165, 1.54) is 11.3 Å². The van der Waals surface area contributed by atoms with Crippen LogP contribution >= 0.6 is 11.6 Å². The number of rotatable bonds is 10. The predicted molar refractivity (Wildman–Crippen MR) is 94.5 cm³/mol. The Bertz CT molecular complexity index is 407. The van der Waals surface area contributed by atoms with E-state index in [1.807, 2.05) is 12.1 Å². The van der Waals surface area contributed by atoms with Crippen LogP contribution in [0.3, 0.4) is 0 Å². The van der Waals surface area contributed by atoms with Gasteiger partial charge in [0.2, 0.25) is 0 Å². The third kappa shape index (κ3) is 6.25. The number of hydrogen-bond donors (Lipinski definition) is 1. The van der Waals surface area contributed by atoms with Gasteiger partial charge in [0.05, 0.1) is 10.7 Å². The summed E-state index contributed by atoms with van der Waals surface area (Å²) in [5.74, 6) is 0. The number of benzene rings is 1. The molecule has 1 rings (SSSR count). The number of anilines is 1. The molecule has 21 heavy (non-hydrogen) atoms. The second-order valence-corrected chi connectivity index (χ2v) is 6.07. The van der Waals surface area contributed by atoms with Gasteiger partial charge in [0.1, 0.15) is 0 Å². The summed E-state index contributed by atoms with van der Waals surface area (Å²) in [5.41, 5.74) is 2.49. The summed E-state index contributed by atoms with van der Waals surface area (Å²) in [7, 11) is 4.23. The average molecular weight is 312 g/mol. The number of nitrogens with zero attached hydrogens (tertiary/aromatic N) is 2. The van der Waals surface area contributed by atoms with Gasteiger partial charge in [-0.25, -0.2) is 0 Å². The van der Waals surface area contributed by atoms with Crippen LogP contribution in [-0.4, -0.2) is 45.2 Å². The minimum Gasteiger partial charge on any atom is -0.370 e. The van der Waals surface area contributed by atoms with Crippen LogP contribution < -0.4 is 10.2 Å².